The summed E-state index contributed by atoms with van der Waals surface area (Å²) in [4.78, 5) is 48.2. The Labute approximate surface area is 182 Å². The Morgan fingerprint density at radius 1 is 1.09 bits per heavy atom. The number of hydrogen-bond acceptors (Lipinski definition) is 7. The van der Waals surface area contributed by atoms with Gasteiger partial charge in [0.2, 0.25) is 0 Å². The van der Waals surface area contributed by atoms with E-state index >= 15 is 0 Å². The third kappa shape index (κ3) is 3.53. The summed E-state index contributed by atoms with van der Waals surface area (Å²) >= 11 is 0. The lowest BCUT2D eigenvalue weighted by molar-refractivity contribution is 0.0602. The SMILES string of the molecule is COC(=O)c1cc(C)nc2c1c(=O)n(Cc1cccnc1)c(=O)n2-c1ccccc1OC. The quantitative estimate of drug-likeness (QED) is 0.445. The standard InChI is InChI=1S/C23H20N4O5/c1-14-11-16(22(29)32-3)19-20(25-14)27(17-8-4-5-9-18(17)31-2)23(30)26(21(19)28)13-15-7-6-10-24-12-15/h4-12H,13H2,1-3H3. The van der Waals surface area contributed by atoms with E-state index in [0.717, 1.165) is 4.57 Å². The maximum atomic E-state index is 13.6. The molecule has 0 radical (unpaired) electrons. The maximum Gasteiger partial charge on any atom is 0.338 e. The second kappa shape index (κ2) is 8.46. The zero-order valence-corrected chi connectivity index (χ0v) is 17.7. The third-order valence-electron chi connectivity index (χ3n) is 5.02. The monoisotopic (exact) mass is 432 g/mol. The van der Waals surface area contributed by atoms with Gasteiger partial charge in [0, 0.05) is 18.1 Å². The summed E-state index contributed by atoms with van der Waals surface area (Å²) in [5, 5.41) is -0.0168. The van der Waals surface area contributed by atoms with Crippen LogP contribution in [0.15, 0.2) is 64.4 Å². The minimum atomic E-state index is -0.698. The number of para-hydroxylation sites is 2. The van der Waals surface area contributed by atoms with Gasteiger partial charge < -0.3 is 9.47 Å². The van der Waals surface area contributed by atoms with Gasteiger partial charge in [-0.1, -0.05) is 18.2 Å². The molecule has 0 fully saturated rings. The smallest absolute Gasteiger partial charge is 0.338 e. The topological polar surface area (TPSA) is 105 Å². The Morgan fingerprint density at radius 3 is 2.56 bits per heavy atom. The fraction of sp³-hybridized carbons (Fsp3) is 0.174. The lowest BCUT2D eigenvalue weighted by Gasteiger charge is -2.17. The number of esters is 1. The number of nitrogens with zero attached hydrogens (tertiary/aromatic N) is 4. The molecule has 3 aromatic heterocycles. The highest BCUT2D eigenvalue weighted by atomic mass is 16.5. The van der Waals surface area contributed by atoms with Crippen LogP contribution in [-0.2, 0) is 11.3 Å². The molecule has 0 saturated heterocycles. The van der Waals surface area contributed by atoms with Gasteiger partial charge in [0.1, 0.15) is 5.75 Å². The highest BCUT2D eigenvalue weighted by molar-refractivity contribution is 6.02. The minimum Gasteiger partial charge on any atom is -0.495 e. The van der Waals surface area contributed by atoms with E-state index in [-0.39, 0.29) is 23.1 Å². The second-order valence-electron chi connectivity index (χ2n) is 7.04. The summed E-state index contributed by atoms with van der Waals surface area (Å²) in [7, 11) is 2.71. The van der Waals surface area contributed by atoms with E-state index in [0.29, 0.717) is 22.7 Å². The van der Waals surface area contributed by atoms with E-state index in [4.69, 9.17) is 9.47 Å². The van der Waals surface area contributed by atoms with Gasteiger partial charge in [-0.25, -0.2) is 19.1 Å². The van der Waals surface area contributed by atoms with Crippen molar-refractivity contribution in [2.75, 3.05) is 14.2 Å². The molecule has 9 nitrogen and oxygen atoms in total. The van der Waals surface area contributed by atoms with Crippen molar-refractivity contribution in [3.8, 4) is 11.4 Å². The van der Waals surface area contributed by atoms with E-state index in [1.54, 1.807) is 55.7 Å². The fourth-order valence-electron chi connectivity index (χ4n) is 3.58. The van der Waals surface area contributed by atoms with Crippen molar-refractivity contribution < 1.29 is 14.3 Å². The van der Waals surface area contributed by atoms with Crippen molar-refractivity contribution in [2.45, 2.75) is 13.5 Å². The zero-order chi connectivity index (χ0) is 22.8. The van der Waals surface area contributed by atoms with Crippen LogP contribution in [0.25, 0.3) is 16.7 Å². The van der Waals surface area contributed by atoms with Crippen LogP contribution in [0.5, 0.6) is 5.75 Å². The van der Waals surface area contributed by atoms with Crippen molar-refractivity contribution in [3.63, 3.8) is 0 Å². The average molecular weight is 432 g/mol. The van der Waals surface area contributed by atoms with Crippen LogP contribution >= 0.6 is 0 Å². The molecule has 4 aromatic rings. The van der Waals surface area contributed by atoms with Gasteiger partial charge >= 0.3 is 11.7 Å². The predicted molar refractivity (Wildman–Crippen MR) is 118 cm³/mol. The number of aryl methyl sites for hydroxylation is 1. The first-order chi connectivity index (χ1) is 15.5. The predicted octanol–water partition coefficient (Wildman–Crippen LogP) is 2.09. The Hall–Kier alpha value is -4.27. The van der Waals surface area contributed by atoms with Crippen LogP contribution in [0.2, 0.25) is 0 Å². The van der Waals surface area contributed by atoms with Crippen molar-refractivity contribution in [3.05, 3.63) is 92.5 Å². The number of pyridine rings is 2. The number of rotatable bonds is 5. The van der Waals surface area contributed by atoms with Crippen molar-refractivity contribution in [1.29, 1.82) is 0 Å². The molecule has 0 N–H and O–H groups in total. The first kappa shape index (κ1) is 21.0. The summed E-state index contributed by atoms with van der Waals surface area (Å²) in [6.45, 7) is 1.63. The number of aromatic nitrogens is 4. The minimum absolute atomic E-state index is 0.0168. The molecular formula is C23H20N4O5. The van der Waals surface area contributed by atoms with Crippen LogP contribution in [-0.4, -0.2) is 39.3 Å². The Bertz CT molecular complexity index is 1440. The zero-order valence-electron chi connectivity index (χ0n) is 17.7. The van der Waals surface area contributed by atoms with Crippen LogP contribution < -0.4 is 16.0 Å². The number of carbonyl (C=O) groups excluding carboxylic acids is 1. The largest absolute Gasteiger partial charge is 0.495 e. The van der Waals surface area contributed by atoms with Gasteiger partial charge in [-0.15, -0.1) is 0 Å². The van der Waals surface area contributed by atoms with Crippen molar-refractivity contribution >= 4 is 17.0 Å². The van der Waals surface area contributed by atoms with Gasteiger partial charge in [0.05, 0.1) is 37.4 Å². The number of benzene rings is 1. The molecule has 1 aromatic carbocycles. The molecule has 0 atom stereocenters. The molecule has 0 saturated carbocycles. The first-order valence-electron chi connectivity index (χ1n) is 9.74. The number of ether oxygens (including phenoxy) is 2. The number of carbonyl (C=O) groups is 1. The van der Waals surface area contributed by atoms with Gasteiger partial charge in [-0.3, -0.25) is 14.3 Å². The molecule has 0 unspecified atom stereocenters. The molecule has 32 heavy (non-hydrogen) atoms. The molecule has 4 rings (SSSR count). The molecule has 0 amide bonds. The number of fused-ring (bicyclic) bond motifs is 1. The summed E-state index contributed by atoms with van der Waals surface area (Å²) in [6, 6.07) is 11.8. The highest BCUT2D eigenvalue weighted by Gasteiger charge is 2.24. The number of methoxy groups -OCH3 is 2. The van der Waals surface area contributed by atoms with Gasteiger partial charge in [0.25, 0.3) is 5.56 Å². The van der Waals surface area contributed by atoms with Gasteiger partial charge in [-0.05, 0) is 36.8 Å². The second-order valence-corrected chi connectivity index (χ2v) is 7.04. The highest BCUT2D eigenvalue weighted by Crippen LogP contribution is 2.24. The van der Waals surface area contributed by atoms with Crippen LogP contribution in [0.1, 0.15) is 21.6 Å². The van der Waals surface area contributed by atoms with E-state index in [9.17, 15) is 14.4 Å². The van der Waals surface area contributed by atoms with Gasteiger partial charge in [0.15, 0.2) is 5.65 Å². The molecule has 0 bridgehead atoms. The molecule has 0 aliphatic heterocycles. The van der Waals surface area contributed by atoms with Crippen LogP contribution in [0, 0.1) is 6.92 Å². The van der Waals surface area contributed by atoms with Crippen molar-refractivity contribution in [1.82, 2.24) is 19.1 Å². The molecule has 0 aliphatic rings. The molecule has 162 valence electrons. The fourth-order valence-corrected chi connectivity index (χ4v) is 3.58. The van der Waals surface area contributed by atoms with E-state index in [2.05, 4.69) is 9.97 Å². The molecule has 0 spiro atoms. The van der Waals surface area contributed by atoms with Crippen LogP contribution in [0.4, 0.5) is 0 Å². The van der Waals surface area contributed by atoms with Crippen molar-refractivity contribution in [2.24, 2.45) is 0 Å². The Balaban J connectivity index is 2.18. The lowest BCUT2D eigenvalue weighted by Crippen LogP contribution is -2.41. The molecule has 9 heteroatoms. The molecule has 0 aliphatic carbocycles. The molecular weight excluding hydrogens is 412 g/mol. The third-order valence-corrected chi connectivity index (χ3v) is 5.02. The average Bonchev–Trinajstić information content (AvgIpc) is 2.81. The summed E-state index contributed by atoms with van der Waals surface area (Å²) < 4.78 is 12.7. The maximum absolute atomic E-state index is 13.6. The summed E-state index contributed by atoms with van der Waals surface area (Å²) in [5.74, 6) is -0.291. The first-order valence-corrected chi connectivity index (χ1v) is 9.74. The Kier molecular flexibility index (Phi) is 5.55. The van der Waals surface area contributed by atoms with Gasteiger partial charge in [-0.2, -0.15) is 0 Å². The lowest BCUT2D eigenvalue weighted by atomic mass is 10.1. The Morgan fingerprint density at radius 2 is 1.88 bits per heavy atom. The van der Waals surface area contributed by atoms with E-state index in [1.807, 2.05) is 0 Å². The molecule has 3 heterocycles. The summed E-state index contributed by atoms with van der Waals surface area (Å²) in [5.41, 5.74) is 0.301. The summed E-state index contributed by atoms with van der Waals surface area (Å²) in [6.07, 6.45) is 3.17. The van der Waals surface area contributed by atoms with E-state index in [1.165, 1.54) is 24.9 Å². The normalized spacial score (nSPS) is 10.8. The number of hydrogen-bond donors (Lipinski definition) is 0. The van der Waals surface area contributed by atoms with E-state index < -0.39 is 17.2 Å². The van der Waals surface area contributed by atoms with Crippen LogP contribution in [0.3, 0.4) is 0 Å².